The third-order valence-electron chi connectivity index (χ3n) is 2.40. The first-order chi connectivity index (χ1) is 7.74. The van der Waals surface area contributed by atoms with Crippen molar-refractivity contribution >= 4 is 5.91 Å². The SMILES string of the molecule is C/C=C/C=CC(=O)N(C)CC1CNCCO1. The second-order valence-corrected chi connectivity index (χ2v) is 3.80. The lowest BCUT2D eigenvalue weighted by atomic mass is 10.3. The van der Waals surface area contributed by atoms with Crippen molar-refractivity contribution in [2.24, 2.45) is 0 Å². The lowest BCUT2D eigenvalue weighted by Crippen LogP contribution is -2.45. The van der Waals surface area contributed by atoms with E-state index in [-0.39, 0.29) is 12.0 Å². The van der Waals surface area contributed by atoms with Crippen molar-refractivity contribution in [3.8, 4) is 0 Å². The predicted octanol–water partition coefficient (Wildman–Crippen LogP) is 0.565. The van der Waals surface area contributed by atoms with Crippen LogP contribution in [0, 0.1) is 0 Å². The molecule has 0 spiro atoms. The van der Waals surface area contributed by atoms with Crippen LogP contribution in [0.2, 0.25) is 0 Å². The number of allylic oxidation sites excluding steroid dienone is 3. The minimum Gasteiger partial charge on any atom is -0.374 e. The molecule has 0 aromatic heterocycles. The number of carbonyl (C=O) groups is 1. The third kappa shape index (κ3) is 4.59. The maximum atomic E-state index is 11.6. The molecule has 1 heterocycles. The summed E-state index contributed by atoms with van der Waals surface area (Å²) in [5.41, 5.74) is 0. The fraction of sp³-hybridized carbons (Fsp3) is 0.583. The normalized spacial score (nSPS) is 21.8. The molecule has 1 atom stereocenters. The Morgan fingerprint density at radius 1 is 1.56 bits per heavy atom. The van der Waals surface area contributed by atoms with E-state index in [9.17, 15) is 4.79 Å². The number of likely N-dealkylation sites (N-methyl/N-ethyl adjacent to an activating group) is 1. The van der Waals surface area contributed by atoms with Gasteiger partial charge in [0.25, 0.3) is 0 Å². The van der Waals surface area contributed by atoms with E-state index in [2.05, 4.69) is 5.32 Å². The average Bonchev–Trinajstić information content (AvgIpc) is 2.30. The van der Waals surface area contributed by atoms with Crippen LogP contribution >= 0.6 is 0 Å². The van der Waals surface area contributed by atoms with Crippen molar-refractivity contribution in [1.82, 2.24) is 10.2 Å². The van der Waals surface area contributed by atoms with Crippen molar-refractivity contribution in [1.29, 1.82) is 0 Å². The number of rotatable bonds is 4. The molecule has 0 radical (unpaired) electrons. The monoisotopic (exact) mass is 224 g/mol. The molecule has 1 aliphatic heterocycles. The molecule has 1 N–H and O–H groups in total. The Labute approximate surface area is 97.0 Å². The summed E-state index contributed by atoms with van der Waals surface area (Å²) in [6.07, 6.45) is 7.15. The van der Waals surface area contributed by atoms with Crippen LogP contribution < -0.4 is 5.32 Å². The van der Waals surface area contributed by atoms with Crippen LogP contribution in [0.4, 0.5) is 0 Å². The largest absolute Gasteiger partial charge is 0.374 e. The van der Waals surface area contributed by atoms with Gasteiger partial charge in [-0.3, -0.25) is 4.79 Å². The van der Waals surface area contributed by atoms with Gasteiger partial charge >= 0.3 is 0 Å². The Morgan fingerprint density at radius 3 is 3.00 bits per heavy atom. The highest BCUT2D eigenvalue weighted by atomic mass is 16.5. The molecule has 0 aromatic rings. The van der Waals surface area contributed by atoms with E-state index in [1.165, 1.54) is 0 Å². The number of nitrogens with one attached hydrogen (secondary N) is 1. The Bertz CT molecular complexity index is 268. The number of amides is 1. The van der Waals surface area contributed by atoms with Gasteiger partial charge in [0.1, 0.15) is 0 Å². The van der Waals surface area contributed by atoms with Gasteiger partial charge in [-0.25, -0.2) is 0 Å². The number of hydrogen-bond acceptors (Lipinski definition) is 3. The molecule has 1 aliphatic rings. The Hall–Kier alpha value is -1.13. The van der Waals surface area contributed by atoms with Crippen LogP contribution in [0.5, 0.6) is 0 Å². The first-order valence-corrected chi connectivity index (χ1v) is 5.61. The smallest absolute Gasteiger partial charge is 0.246 e. The summed E-state index contributed by atoms with van der Waals surface area (Å²) in [4.78, 5) is 13.3. The highest BCUT2D eigenvalue weighted by Crippen LogP contribution is 1.99. The molecular formula is C12H20N2O2. The highest BCUT2D eigenvalue weighted by Gasteiger charge is 2.16. The summed E-state index contributed by atoms with van der Waals surface area (Å²) in [6.45, 7) is 4.98. The van der Waals surface area contributed by atoms with Gasteiger partial charge in [0.05, 0.1) is 12.7 Å². The van der Waals surface area contributed by atoms with E-state index in [0.717, 1.165) is 19.7 Å². The lowest BCUT2D eigenvalue weighted by molar-refractivity contribution is -0.126. The van der Waals surface area contributed by atoms with E-state index in [0.29, 0.717) is 6.54 Å². The molecule has 1 fully saturated rings. The van der Waals surface area contributed by atoms with Gasteiger partial charge in [-0.05, 0) is 6.92 Å². The molecule has 4 nitrogen and oxygen atoms in total. The molecule has 1 unspecified atom stereocenters. The van der Waals surface area contributed by atoms with Gasteiger partial charge in [-0.1, -0.05) is 18.2 Å². The maximum Gasteiger partial charge on any atom is 0.246 e. The molecule has 1 rings (SSSR count). The third-order valence-corrected chi connectivity index (χ3v) is 2.40. The van der Waals surface area contributed by atoms with E-state index >= 15 is 0 Å². The van der Waals surface area contributed by atoms with Crippen LogP contribution in [-0.2, 0) is 9.53 Å². The molecule has 1 amide bonds. The molecule has 1 saturated heterocycles. The first-order valence-electron chi connectivity index (χ1n) is 5.61. The second kappa shape index (κ2) is 7.19. The number of morpholine rings is 1. The van der Waals surface area contributed by atoms with Crippen LogP contribution in [-0.4, -0.2) is 50.2 Å². The van der Waals surface area contributed by atoms with Gasteiger partial charge < -0.3 is 15.0 Å². The summed E-state index contributed by atoms with van der Waals surface area (Å²) < 4.78 is 5.53. The van der Waals surface area contributed by atoms with Crippen LogP contribution in [0.1, 0.15) is 6.92 Å². The van der Waals surface area contributed by atoms with Crippen LogP contribution in [0.25, 0.3) is 0 Å². The average molecular weight is 224 g/mol. The zero-order valence-electron chi connectivity index (χ0n) is 9.98. The summed E-state index contributed by atoms with van der Waals surface area (Å²) in [6, 6.07) is 0. The van der Waals surface area contributed by atoms with E-state index < -0.39 is 0 Å². The number of hydrogen-bond donors (Lipinski definition) is 1. The summed E-state index contributed by atoms with van der Waals surface area (Å²) in [7, 11) is 1.79. The van der Waals surface area contributed by atoms with Gasteiger partial charge in [0.2, 0.25) is 5.91 Å². The molecule has 0 saturated carbocycles. The molecule has 0 aliphatic carbocycles. The van der Waals surface area contributed by atoms with Gasteiger partial charge in [0, 0.05) is 32.8 Å². The van der Waals surface area contributed by atoms with Crippen molar-refractivity contribution in [2.75, 3.05) is 33.3 Å². The quantitative estimate of drug-likeness (QED) is 0.560. The zero-order valence-corrected chi connectivity index (χ0v) is 9.98. The minimum atomic E-state index is 0.00673. The standard InChI is InChI=1S/C12H20N2O2/c1-3-4-5-6-12(15)14(2)10-11-9-13-7-8-16-11/h3-6,11,13H,7-10H2,1-2H3/b4-3+,6-5?. The predicted molar refractivity (Wildman–Crippen MR) is 64.2 cm³/mol. The molecule has 90 valence electrons. The minimum absolute atomic E-state index is 0.00673. The van der Waals surface area contributed by atoms with E-state index in [1.807, 2.05) is 19.1 Å². The number of carbonyl (C=O) groups excluding carboxylic acids is 1. The summed E-state index contributed by atoms with van der Waals surface area (Å²) in [5.74, 6) is 0.00673. The number of nitrogens with zero attached hydrogens (tertiary/aromatic N) is 1. The summed E-state index contributed by atoms with van der Waals surface area (Å²) >= 11 is 0. The van der Waals surface area contributed by atoms with Crippen molar-refractivity contribution in [3.05, 3.63) is 24.3 Å². The fourth-order valence-corrected chi connectivity index (χ4v) is 1.51. The van der Waals surface area contributed by atoms with Gasteiger partial charge in [0.15, 0.2) is 0 Å². The Kier molecular flexibility index (Phi) is 5.82. The first kappa shape index (κ1) is 12.9. The van der Waals surface area contributed by atoms with Crippen molar-refractivity contribution in [2.45, 2.75) is 13.0 Å². The number of ether oxygens (including phenoxy) is 1. The molecular weight excluding hydrogens is 204 g/mol. The van der Waals surface area contributed by atoms with Crippen LogP contribution in [0.15, 0.2) is 24.3 Å². The molecule has 16 heavy (non-hydrogen) atoms. The second-order valence-electron chi connectivity index (χ2n) is 3.80. The summed E-state index contributed by atoms with van der Waals surface area (Å²) in [5, 5.41) is 3.24. The molecule has 0 aromatic carbocycles. The lowest BCUT2D eigenvalue weighted by Gasteiger charge is -2.27. The Morgan fingerprint density at radius 2 is 2.38 bits per heavy atom. The van der Waals surface area contributed by atoms with Crippen molar-refractivity contribution < 1.29 is 9.53 Å². The van der Waals surface area contributed by atoms with Crippen molar-refractivity contribution in [3.63, 3.8) is 0 Å². The molecule has 4 heteroatoms. The fourth-order valence-electron chi connectivity index (χ4n) is 1.51. The Balaban J connectivity index is 2.32. The molecule has 0 bridgehead atoms. The van der Waals surface area contributed by atoms with Gasteiger partial charge in [-0.2, -0.15) is 0 Å². The van der Waals surface area contributed by atoms with E-state index in [1.54, 1.807) is 24.1 Å². The van der Waals surface area contributed by atoms with E-state index in [4.69, 9.17) is 4.74 Å². The van der Waals surface area contributed by atoms with Gasteiger partial charge in [-0.15, -0.1) is 0 Å². The highest BCUT2D eigenvalue weighted by molar-refractivity contribution is 5.87. The zero-order chi connectivity index (χ0) is 11.8. The topological polar surface area (TPSA) is 41.6 Å². The van der Waals surface area contributed by atoms with Crippen LogP contribution in [0.3, 0.4) is 0 Å². The maximum absolute atomic E-state index is 11.6.